The van der Waals surface area contributed by atoms with Crippen LogP contribution in [0.2, 0.25) is 0 Å². The van der Waals surface area contributed by atoms with Gasteiger partial charge in [-0.2, -0.15) is 0 Å². The molecule has 1 aromatic rings. The normalized spacial score (nSPS) is 15.7. The smallest absolute Gasteiger partial charge is 0.212 e. The fourth-order valence-corrected chi connectivity index (χ4v) is 3.80. The van der Waals surface area contributed by atoms with E-state index in [0.29, 0.717) is 6.54 Å². The predicted molar refractivity (Wildman–Crippen MR) is 88.7 cm³/mol. The number of hydrogen-bond donors (Lipinski definition) is 2. The maximum absolute atomic E-state index is 12.1. The molecule has 0 aliphatic heterocycles. The van der Waals surface area contributed by atoms with Crippen molar-refractivity contribution in [3.05, 3.63) is 35.9 Å². The zero-order valence-corrected chi connectivity index (χ0v) is 14.3. The van der Waals surface area contributed by atoms with Crippen LogP contribution in [0.25, 0.3) is 0 Å². The maximum atomic E-state index is 12.1. The van der Waals surface area contributed by atoms with Crippen LogP contribution in [0.3, 0.4) is 0 Å². The molecule has 1 rings (SSSR count). The molecule has 5 heteroatoms. The van der Waals surface area contributed by atoms with E-state index in [1.54, 1.807) is 0 Å². The molecule has 0 heterocycles. The summed E-state index contributed by atoms with van der Waals surface area (Å²) in [5, 5.41) is 0. The van der Waals surface area contributed by atoms with E-state index in [1.807, 2.05) is 37.3 Å². The summed E-state index contributed by atoms with van der Waals surface area (Å²) in [5.74, 6) is 0.0433. The summed E-state index contributed by atoms with van der Waals surface area (Å²) in [6.07, 6.45) is 0.782. The van der Waals surface area contributed by atoms with Gasteiger partial charge < -0.3 is 5.73 Å². The average Bonchev–Trinajstić information content (AvgIpc) is 2.35. The summed E-state index contributed by atoms with van der Waals surface area (Å²) in [6, 6.07) is 9.51. The lowest BCUT2D eigenvalue weighted by atomic mass is 9.88. The number of rotatable bonds is 7. The Morgan fingerprint density at radius 1 is 1.19 bits per heavy atom. The van der Waals surface area contributed by atoms with Crippen LogP contribution in [0, 0.1) is 5.41 Å². The van der Waals surface area contributed by atoms with E-state index in [2.05, 4.69) is 25.5 Å². The van der Waals surface area contributed by atoms with Crippen molar-refractivity contribution in [3.8, 4) is 0 Å². The van der Waals surface area contributed by atoms with Crippen molar-refractivity contribution in [2.45, 2.75) is 46.1 Å². The summed E-state index contributed by atoms with van der Waals surface area (Å²) < 4.78 is 26.9. The molecule has 0 saturated carbocycles. The van der Waals surface area contributed by atoms with E-state index in [4.69, 9.17) is 5.73 Å². The Morgan fingerprint density at radius 3 is 2.29 bits per heavy atom. The Bertz CT molecular complexity index is 521. The van der Waals surface area contributed by atoms with Crippen LogP contribution in [-0.4, -0.2) is 26.8 Å². The monoisotopic (exact) mass is 312 g/mol. The number of nitrogens with two attached hydrogens (primary N) is 1. The molecule has 2 atom stereocenters. The van der Waals surface area contributed by atoms with Gasteiger partial charge in [0.05, 0.1) is 5.75 Å². The molecule has 0 bridgehead atoms. The molecule has 0 spiro atoms. The van der Waals surface area contributed by atoms with Crippen LogP contribution in [0.5, 0.6) is 0 Å². The van der Waals surface area contributed by atoms with Crippen molar-refractivity contribution in [1.29, 1.82) is 0 Å². The summed E-state index contributed by atoms with van der Waals surface area (Å²) in [7, 11) is -3.31. The minimum atomic E-state index is -3.31. The molecule has 0 aliphatic rings. The van der Waals surface area contributed by atoms with Crippen LogP contribution in [0.15, 0.2) is 30.3 Å². The van der Waals surface area contributed by atoms with Crippen molar-refractivity contribution in [3.63, 3.8) is 0 Å². The van der Waals surface area contributed by atoms with Gasteiger partial charge in [0.25, 0.3) is 0 Å². The molecule has 0 radical (unpaired) electrons. The van der Waals surface area contributed by atoms with E-state index >= 15 is 0 Å². The highest BCUT2D eigenvalue weighted by atomic mass is 32.2. The highest BCUT2D eigenvalue weighted by molar-refractivity contribution is 7.89. The second kappa shape index (κ2) is 7.38. The number of sulfonamides is 1. The molecular weight excluding hydrogens is 284 g/mol. The van der Waals surface area contributed by atoms with E-state index in [1.165, 1.54) is 0 Å². The Hall–Kier alpha value is -0.910. The van der Waals surface area contributed by atoms with Crippen molar-refractivity contribution in [2.24, 2.45) is 11.1 Å². The first-order valence-corrected chi connectivity index (χ1v) is 9.02. The Morgan fingerprint density at radius 2 is 1.76 bits per heavy atom. The van der Waals surface area contributed by atoms with E-state index in [0.717, 1.165) is 12.0 Å². The van der Waals surface area contributed by atoms with Crippen molar-refractivity contribution in [1.82, 2.24) is 4.72 Å². The molecule has 2 unspecified atom stereocenters. The van der Waals surface area contributed by atoms with Crippen molar-refractivity contribution < 1.29 is 8.42 Å². The third-order valence-electron chi connectivity index (χ3n) is 3.28. The first-order chi connectivity index (χ1) is 9.59. The van der Waals surface area contributed by atoms with Crippen LogP contribution in [0.1, 0.15) is 45.6 Å². The van der Waals surface area contributed by atoms with E-state index in [9.17, 15) is 8.42 Å². The molecule has 0 amide bonds. The van der Waals surface area contributed by atoms with Crippen molar-refractivity contribution >= 4 is 10.0 Å². The number of hydrogen-bond acceptors (Lipinski definition) is 3. The predicted octanol–water partition coefficient (Wildman–Crippen LogP) is 2.47. The van der Waals surface area contributed by atoms with Crippen molar-refractivity contribution in [2.75, 3.05) is 12.3 Å². The molecule has 0 aromatic heterocycles. The van der Waals surface area contributed by atoms with Crippen LogP contribution >= 0.6 is 0 Å². The lowest BCUT2D eigenvalue weighted by molar-refractivity contribution is 0.338. The van der Waals surface area contributed by atoms with E-state index < -0.39 is 10.0 Å². The molecular formula is C16H28N2O2S. The third kappa shape index (κ3) is 7.60. The molecule has 4 nitrogen and oxygen atoms in total. The molecule has 0 fully saturated rings. The minimum absolute atomic E-state index is 0.0393. The second-order valence-electron chi connectivity index (χ2n) is 6.97. The third-order valence-corrected chi connectivity index (χ3v) is 4.82. The molecule has 3 N–H and O–H groups in total. The van der Waals surface area contributed by atoms with Crippen LogP contribution in [-0.2, 0) is 10.0 Å². The van der Waals surface area contributed by atoms with Gasteiger partial charge in [-0.05, 0) is 23.3 Å². The fourth-order valence-electron chi connectivity index (χ4n) is 2.36. The second-order valence-corrected chi connectivity index (χ2v) is 8.82. The quantitative estimate of drug-likeness (QED) is 0.812. The van der Waals surface area contributed by atoms with E-state index in [-0.39, 0.29) is 23.1 Å². The highest BCUT2D eigenvalue weighted by Gasteiger charge is 2.20. The standard InChI is InChI=1S/C16H28N2O2S/c1-13(14-8-6-5-7-9-14)12-21(19,20)18-11-15(17)10-16(2,3)4/h5-9,13,15,18H,10-12,17H2,1-4H3. The van der Waals surface area contributed by atoms with Crippen LogP contribution < -0.4 is 10.5 Å². The molecule has 21 heavy (non-hydrogen) atoms. The largest absolute Gasteiger partial charge is 0.326 e. The lowest BCUT2D eigenvalue weighted by Crippen LogP contribution is -2.40. The lowest BCUT2D eigenvalue weighted by Gasteiger charge is -2.23. The van der Waals surface area contributed by atoms with Gasteiger partial charge in [0.2, 0.25) is 10.0 Å². The Labute approximate surface area is 129 Å². The summed E-state index contributed by atoms with van der Waals surface area (Å²) >= 11 is 0. The first kappa shape index (κ1) is 18.1. The summed E-state index contributed by atoms with van der Waals surface area (Å²) in [4.78, 5) is 0. The highest BCUT2D eigenvalue weighted by Crippen LogP contribution is 2.20. The fraction of sp³-hybridized carbons (Fsp3) is 0.625. The zero-order valence-electron chi connectivity index (χ0n) is 13.5. The topological polar surface area (TPSA) is 72.2 Å². The van der Waals surface area contributed by atoms with Crippen LogP contribution in [0.4, 0.5) is 0 Å². The SMILES string of the molecule is CC(CS(=O)(=O)NCC(N)CC(C)(C)C)c1ccccc1. The van der Waals surface area contributed by atoms with Gasteiger partial charge in [-0.1, -0.05) is 58.0 Å². The van der Waals surface area contributed by atoms with Gasteiger partial charge in [-0.25, -0.2) is 13.1 Å². The van der Waals surface area contributed by atoms with Gasteiger partial charge >= 0.3 is 0 Å². The Balaban J connectivity index is 2.51. The van der Waals surface area contributed by atoms with Gasteiger partial charge in [0.15, 0.2) is 0 Å². The van der Waals surface area contributed by atoms with Gasteiger partial charge in [-0.3, -0.25) is 0 Å². The number of nitrogens with one attached hydrogen (secondary N) is 1. The Kier molecular flexibility index (Phi) is 6.38. The van der Waals surface area contributed by atoms with Gasteiger partial charge in [0, 0.05) is 12.6 Å². The first-order valence-electron chi connectivity index (χ1n) is 7.37. The summed E-state index contributed by atoms with van der Waals surface area (Å²) in [5.41, 5.74) is 7.11. The summed E-state index contributed by atoms with van der Waals surface area (Å²) in [6.45, 7) is 8.50. The van der Waals surface area contributed by atoms with Gasteiger partial charge in [-0.15, -0.1) is 0 Å². The molecule has 120 valence electrons. The van der Waals surface area contributed by atoms with Gasteiger partial charge in [0.1, 0.15) is 0 Å². The molecule has 0 saturated heterocycles. The maximum Gasteiger partial charge on any atom is 0.212 e. The number of benzene rings is 1. The average molecular weight is 312 g/mol. The molecule has 0 aliphatic carbocycles. The molecule has 1 aromatic carbocycles. The minimum Gasteiger partial charge on any atom is -0.326 e. The zero-order chi connectivity index (χ0) is 16.1.